The number of hydrogen-bond acceptors (Lipinski definition) is 4. The number of hydrogen-bond donors (Lipinski definition) is 1. The number of imidazole rings is 1. The van der Waals surface area contributed by atoms with Gasteiger partial charge in [0.15, 0.2) is 0 Å². The Morgan fingerprint density at radius 3 is 2.48 bits per heavy atom. The maximum Gasteiger partial charge on any atom is 0.326 e. The lowest BCUT2D eigenvalue weighted by molar-refractivity contribution is -0.150. The number of aromatic amines is 1. The second kappa shape index (κ2) is 6.67. The van der Waals surface area contributed by atoms with Crippen molar-refractivity contribution in [1.82, 2.24) is 14.5 Å². The molecule has 1 N–H and O–H groups in total. The van der Waals surface area contributed by atoms with Crippen LogP contribution in [0.25, 0.3) is 11.0 Å². The Balaban J connectivity index is 1.54. The summed E-state index contributed by atoms with van der Waals surface area (Å²) < 4.78 is 6.82. The number of halogens is 2. The molecule has 8 heteroatoms. The third-order valence-corrected chi connectivity index (χ3v) is 5.98. The Morgan fingerprint density at radius 1 is 1.04 bits per heavy atom. The van der Waals surface area contributed by atoms with Crippen molar-refractivity contribution in [1.29, 1.82) is 0 Å². The Morgan fingerprint density at radius 2 is 1.76 bits per heavy atom. The molecule has 134 valence electrons. The van der Waals surface area contributed by atoms with E-state index in [-0.39, 0.29) is 23.7 Å². The summed E-state index contributed by atoms with van der Waals surface area (Å²) in [6.07, 6.45) is 3.07. The number of ether oxygens (including phenoxy) is 1. The van der Waals surface area contributed by atoms with Gasteiger partial charge in [-0.15, -0.1) is 0 Å². The molecule has 0 amide bonds. The summed E-state index contributed by atoms with van der Waals surface area (Å²) >= 11 is 12.2. The molecule has 1 unspecified atom stereocenters. The van der Waals surface area contributed by atoms with Crippen LogP contribution in [-0.4, -0.2) is 46.2 Å². The number of nitrogens with zero attached hydrogens (tertiary/aromatic N) is 2. The van der Waals surface area contributed by atoms with Crippen LogP contribution in [0, 0.1) is 0 Å². The van der Waals surface area contributed by atoms with E-state index in [1.54, 1.807) is 16.7 Å². The highest BCUT2D eigenvalue weighted by Crippen LogP contribution is 2.31. The normalized spacial score (nSPS) is 23.1. The van der Waals surface area contributed by atoms with Gasteiger partial charge in [0.1, 0.15) is 0 Å². The van der Waals surface area contributed by atoms with Crippen molar-refractivity contribution < 1.29 is 9.53 Å². The van der Waals surface area contributed by atoms with Crippen LogP contribution in [0.15, 0.2) is 16.9 Å². The first-order valence-corrected chi connectivity index (χ1v) is 9.27. The maximum absolute atomic E-state index is 12.4. The second-order valence-corrected chi connectivity index (χ2v) is 7.53. The first-order chi connectivity index (χ1) is 12.0. The predicted molar refractivity (Wildman–Crippen MR) is 96.4 cm³/mol. The zero-order valence-electron chi connectivity index (χ0n) is 13.6. The summed E-state index contributed by atoms with van der Waals surface area (Å²) in [5, 5.41) is 0.877. The molecule has 2 saturated heterocycles. The van der Waals surface area contributed by atoms with Gasteiger partial charge >= 0.3 is 11.7 Å². The summed E-state index contributed by atoms with van der Waals surface area (Å²) in [5.41, 5.74) is 1.36. The minimum Gasteiger partial charge on any atom is -0.466 e. The molecule has 3 heterocycles. The van der Waals surface area contributed by atoms with E-state index in [1.807, 2.05) is 0 Å². The first kappa shape index (κ1) is 16.9. The molecule has 1 aromatic carbocycles. The standard InChI is InChI=1S/C17H19Cl2N3O3/c18-12-8-14-15(9-13(12)19)22(17(24)20-14)10-1-4-21(5-2-10)11-3-6-25-16(23)7-11/h8-11H,1-7H2,(H,20,24). The van der Waals surface area contributed by atoms with Crippen LogP contribution < -0.4 is 5.69 Å². The fourth-order valence-electron chi connectivity index (χ4n) is 3.97. The summed E-state index contributed by atoms with van der Waals surface area (Å²) in [4.78, 5) is 29.1. The number of carbonyl (C=O) groups excluding carboxylic acids is 1. The van der Waals surface area contributed by atoms with Gasteiger partial charge < -0.3 is 9.72 Å². The zero-order chi connectivity index (χ0) is 17.6. The Labute approximate surface area is 154 Å². The smallest absolute Gasteiger partial charge is 0.326 e. The van der Waals surface area contributed by atoms with E-state index in [0.717, 1.165) is 37.9 Å². The quantitative estimate of drug-likeness (QED) is 0.809. The number of esters is 1. The molecule has 2 aliphatic rings. The molecule has 2 fully saturated rings. The van der Waals surface area contributed by atoms with E-state index >= 15 is 0 Å². The van der Waals surface area contributed by atoms with Crippen molar-refractivity contribution >= 4 is 40.2 Å². The molecule has 2 aromatic rings. The van der Waals surface area contributed by atoms with Gasteiger partial charge in [0.05, 0.1) is 34.1 Å². The molecule has 1 atom stereocenters. The summed E-state index contributed by atoms with van der Waals surface area (Å²) in [7, 11) is 0. The molecular weight excluding hydrogens is 365 g/mol. The molecule has 25 heavy (non-hydrogen) atoms. The number of fused-ring (bicyclic) bond motifs is 1. The SMILES string of the molecule is O=C1CC(N2CCC(n3c(=O)[nH]c4cc(Cl)c(Cl)cc43)CC2)CCO1. The summed E-state index contributed by atoms with van der Waals surface area (Å²) in [6.45, 7) is 2.23. The molecular formula is C17H19Cl2N3O3. The summed E-state index contributed by atoms with van der Waals surface area (Å²) in [5.74, 6) is -0.113. The molecule has 0 saturated carbocycles. The minimum atomic E-state index is -0.131. The number of H-pyrrole nitrogens is 1. The number of nitrogens with one attached hydrogen (secondary N) is 1. The van der Waals surface area contributed by atoms with Gasteiger partial charge in [0, 0.05) is 25.2 Å². The van der Waals surface area contributed by atoms with Gasteiger partial charge in [-0.1, -0.05) is 23.2 Å². The Kier molecular flexibility index (Phi) is 4.52. The van der Waals surface area contributed by atoms with Crippen molar-refractivity contribution in [3.8, 4) is 0 Å². The number of carbonyl (C=O) groups is 1. The van der Waals surface area contributed by atoms with Crippen LogP contribution in [-0.2, 0) is 9.53 Å². The van der Waals surface area contributed by atoms with Gasteiger partial charge in [-0.25, -0.2) is 4.79 Å². The van der Waals surface area contributed by atoms with Gasteiger partial charge in [-0.05, 0) is 31.4 Å². The van der Waals surface area contributed by atoms with E-state index in [0.29, 0.717) is 28.6 Å². The van der Waals surface area contributed by atoms with E-state index in [4.69, 9.17) is 27.9 Å². The highest BCUT2D eigenvalue weighted by atomic mass is 35.5. The largest absolute Gasteiger partial charge is 0.466 e. The highest BCUT2D eigenvalue weighted by molar-refractivity contribution is 6.42. The Hall–Kier alpha value is -1.50. The molecule has 0 aliphatic carbocycles. The van der Waals surface area contributed by atoms with Crippen LogP contribution in [0.2, 0.25) is 10.0 Å². The van der Waals surface area contributed by atoms with Gasteiger partial charge in [0.25, 0.3) is 0 Å². The molecule has 1 aromatic heterocycles. The molecule has 0 spiro atoms. The van der Waals surface area contributed by atoms with Crippen LogP contribution in [0.1, 0.15) is 31.7 Å². The number of cyclic esters (lactones) is 1. The second-order valence-electron chi connectivity index (χ2n) is 6.72. The first-order valence-electron chi connectivity index (χ1n) is 8.52. The topological polar surface area (TPSA) is 67.3 Å². The van der Waals surface area contributed by atoms with Crippen LogP contribution >= 0.6 is 23.2 Å². The number of aromatic nitrogens is 2. The van der Waals surface area contributed by atoms with E-state index in [9.17, 15) is 9.59 Å². The number of piperidine rings is 1. The van der Waals surface area contributed by atoms with Crippen molar-refractivity contribution in [2.24, 2.45) is 0 Å². The fraction of sp³-hybridized carbons (Fsp3) is 0.529. The Bertz CT molecular complexity index is 868. The number of rotatable bonds is 2. The average molecular weight is 384 g/mol. The molecule has 0 radical (unpaired) electrons. The number of benzene rings is 1. The van der Waals surface area contributed by atoms with Gasteiger partial charge in [-0.2, -0.15) is 0 Å². The van der Waals surface area contributed by atoms with Crippen molar-refractivity contribution in [3.63, 3.8) is 0 Å². The molecule has 2 aliphatic heterocycles. The monoisotopic (exact) mass is 383 g/mol. The highest BCUT2D eigenvalue weighted by Gasteiger charge is 2.31. The van der Waals surface area contributed by atoms with Crippen molar-refractivity contribution in [3.05, 3.63) is 32.7 Å². The van der Waals surface area contributed by atoms with Crippen molar-refractivity contribution in [2.45, 2.75) is 37.8 Å². The minimum absolute atomic E-state index is 0.113. The van der Waals surface area contributed by atoms with Crippen LogP contribution in [0.5, 0.6) is 0 Å². The fourth-order valence-corrected chi connectivity index (χ4v) is 4.29. The maximum atomic E-state index is 12.4. The van der Waals surface area contributed by atoms with E-state index in [1.165, 1.54) is 0 Å². The zero-order valence-corrected chi connectivity index (χ0v) is 15.1. The predicted octanol–water partition coefficient (Wildman–Crippen LogP) is 2.98. The van der Waals surface area contributed by atoms with E-state index in [2.05, 4.69) is 9.88 Å². The molecule has 0 bridgehead atoms. The van der Waals surface area contributed by atoms with Crippen molar-refractivity contribution in [2.75, 3.05) is 19.7 Å². The van der Waals surface area contributed by atoms with Gasteiger partial charge in [-0.3, -0.25) is 14.3 Å². The van der Waals surface area contributed by atoms with Crippen LogP contribution in [0.3, 0.4) is 0 Å². The lowest BCUT2D eigenvalue weighted by Gasteiger charge is -2.38. The molecule has 4 rings (SSSR count). The lowest BCUT2D eigenvalue weighted by Crippen LogP contribution is -2.46. The lowest BCUT2D eigenvalue weighted by atomic mass is 9.99. The molecule has 6 nitrogen and oxygen atoms in total. The number of likely N-dealkylation sites (tertiary alicyclic amines) is 1. The summed E-state index contributed by atoms with van der Waals surface area (Å²) in [6, 6.07) is 3.82. The third kappa shape index (κ3) is 3.18. The van der Waals surface area contributed by atoms with E-state index < -0.39 is 0 Å². The third-order valence-electron chi connectivity index (χ3n) is 5.26. The average Bonchev–Trinajstić information content (AvgIpc) is 2.90. The van der Waals surface area contributed by atoms with Gasteiger partial charge in [0.2, 0.25) is 0 Å². The van der Waals surface area contributed by atoms with Crippen LogP contribution in [0.4, 0.5) is 0 Å².